The summed E-state index contributed by atoms with van der Waals surface area (Å²) in [6.07, 6.45) is 7.53. The van der Waals surface area contributed by atoms with E-state index in [-0.39, 0.29) is 0 Å². The van der Waals surface area contributed by atoms with Crippen LogP contribution in [0.4, 0.5) is 0 Å². The van der Waals surface area contributed by atoms with E-state index in [1.54, 1.807) is 6.33 Å². The third kappa shape index (κ3) is 3.18. The van der Waals surface area contributed by atoms with Gasteiger partial charge in [0.25, 0.3) is 0 Å². The molecule has 0 bridgehead atoms. The van der Waals surface area contributed by atoms with Gasteiger partial charge in [-0.15, -0.1) is 0 Å². The Morgan fingerprint density at radius 2 is 2.16 bits per heavy atom. The van der Waals surface area contributed by atoms with Crippen molar-refractivity contribution in [1.29, 1.82) is 0 Å². The van der Waals surface area contributed by atoms with Crippen LogP contribution in [0.25, 0.3) is 5.52 Å². The van der Waals surface area contributed by atoms with Crippen molar-refractivity contribution < 1.29 is 5.11 Å². The molecule has 2 aromatic heterocycles. The molecule has 2 heterocycles. The molecule has 0 aliphatic heterocycles. The van der Waals surface area contributed by atoms with E-state index >= 15 is 0 Å². The Balaban J connectivity index is 2.33. The first kappa shape index (κ1) is 14.5. The maximum atomic E-state index is 10.7. The van der Waals surface area contributed by atoms with E-state index < -0.39 is 6.10 Å². The summed E-state index contributed by atoms with van der Waals surface area (Å²) < 4.78 is 2.96. The molecular formula is C15H21BrN2O. The van der Waals surface area contributed by atoms with Gasteiger partial charge in [-0.2, -0.15) is 0 Å². The Hall–Kier alpha value is -0.870. The number of fused-ring (bicyclic) bond motifs is 1. The van der Waals surface area contributed by atoms with Crippen molar-refractivity contribution in [2.75, 3.05) is 0 Å². The molecule has 0 spiro atoms. The number of aromatic nitrogens is 2. The second-order valence-corrected chi connectivity index (χ2v) is 5.96. The van der Waals surface area contributed by atoms with E-state index in [4.69, 9.17) is 0 Å². The molecular weight excluding hydrogens is 304 g/mol. The number of halogens is 1. The highest BCUT2D eigenvalue weighted by Gasteiger charge is 2.21. The molecule has 104 valence electrons. The normalized spacial score (nSPS) is 14.7. The predicted molar refractivity (Wildman–Crippen MR) is 81.2 cm³/mol. The van der Waals surface area contributed by atoms with E-state index in [1.807, 2.05) is 22.7 Å². The molecule has 1 N–H and O–H groups in total. The van der Waals surface area contributed by atoms with Crippen LogP contribution >= 0.6 is 15.9 Å². The second-order valence-electron chi connectivity index (χ2n) is 5.04. The van der Waals surface area contributed by atoms with E-state index in [1.165, 1.54) is 6.42 Å². The first-order chi connectivity index (χ1) is 9.17. The van der Waals surface area contributed by atoms with Gasteiger partial charge < -0.3 is 9.51 Å². The van der Waals surface area contributed by atoms with Crippen LogP contribution in [0.3, 0.4) is 0 Å². The zero-order valence-corrected chi connectivity index (χ0v) is 13.1. The van der Waals surface area contributed by atoms with Crippen LogP contribution < -0.4 is 0 Å². The first-order valence-electron chi connectivity index (χ1n) is 6.97. The highest BCUT2D eigenvalue weighted by atomic mass is 79.9. The molecule has 0 radical (unpaired) electrons. The number of aliphatic hydroxyl groups is 1. The lowest BCUT2D eigenvalue weighted by atomic mass is 9.91. The molecule has 19 heavy (non-hydrogen) atoms. The third-order valence-corrected chi connectivity index (χ3v) is 4.18. The lowest BCUT2D eigenvalue weighted by Gasteiger charge is -2.23. The SMILES string of the molecule is CCCCC(CC)C(O)c1cc(Br)cc2cncn12. The van der Waals surface area contributed by atoms with Crippen molar-refractivity contribution >= 4 is 21.4 Å². The van der Waals surface area contributed by atoms with Crippen LogP contribution in [0.1, 0.15) is 51.3 Å². The minimum absolute atomic E-state index is 0.305. The minimum Gasteiger partial charge on any atom is -0.387 e. The fraction of sp³-hybridized carbons (Fsp3) is 0.533. The topological polar surface area (TPSA) is 37.5 Å². The van der Waals surface area contributed by atoms with Crippen molar-refractivity contribution in [1.82, 2.24) is 9.38 Å². The highest BCUT2D eigenvalue weighted by molar-refractivity contribution is 9.10. The Morgan fingerprint density at radius 1 is 1.37 bits per heavy atom. The predicted octanol–water partition coefficient (Wildman–Crippen LogP) is 4.35. The molecule has 0 saturated heterocycles. The zero-order valence-electron chi connectivity index (χ0n) is 11.5. The van der Waals surface area contributed by atoms with Crippen LogP contribution in [-0.4, -0.2) is 14.5 Å². The number of imidazole rings is 1. The monoisotopic (exact) mass is 324 g/mol. The standard InChI is InChI=1S/C15H21BrN2O/c1-3-5-6-11(4-2)15(19)14-8-12(16)7-13-9-17-10-18(13)14/h7-11,15,19H,3-6H2,1-2H3. The van der Waals surface area contributed by atoms with E-state index in [0.29, 0.717) is 5.92 Å². The van der Waals surface area contributed by atoms with Crippen LogP contribution in [-0.2, 0) is 0 Å². The minimum atomic E-state index is -0.439. The van der Waals surface area contributed by atoms with Crippen molar-refractivity contribution in [3.8, 4) is 0 Å². The van der Waals surface area contributed by atoms with Crippen molar-refractivity contribution in [2.24, 2.45) is 5.92 Å². The van der Waals surface area contributed by atoms with E-state index in [0.717, 1.165) is 34.9 Å². The number of rotatable bonds is 6. The lowest BCUT2D eigenvalue weighted by Crippen LogP contribution is -2.15. The van der Waals surface area contributed by atoms with Gasteiger partial charge in [0.05, 0.1) is 29.8 Å². The van der Waals surface area contributed by atoms with Gasteiger partial charge in [-0.05, 0) is 24.5 Å². The molecule has 3 nitrogen and oxygen atoms in total. The summed E-state index contributed by atoms with van der Waals surface area (Å²) >= 11 is 3.51. The average molecular weight is 325 g/mol. The number of pyridine rings is 1. The molecule has 2 rings (SSSR count). The number of hydrogen-bond acceptors (Lipinski definition) is 2. The van der Waals surface area contributed by atoms with Gasteiger partial charge in [-0.3, -0.25) is 0 Å². The quantitative estimate of drug-likeness (QED) is 0.857. The van der Waals surface area contributed by atoms with Crippen molar-refractivity contribution in [2.45, 2.75) is 45.6 Å². The van der Waals surface area contributed by atoms with Crippen molar-refractivity contribution in [3.63, 3.8) is 0 Å². The first-order valence-corrected chi connectivity index (χ1v) is 7.76. The maximum Gasteiger partial charge on any atom is 0.0995 e. The average Bonchev–Trinajstić information content (AvgIpc) is 2.86. The third-order valence-electron chi connectivity index (χ3n) is 3.72. The largest absolute Gasteiger partial charge is 0.387 e. The van der Waals surface area contributed by atoms with Gasteiger partial charge in [-0.25, -0.2) is 4.98 Å². The smallest absolute Gasteiger partial charge is 0.0995 e. The number of aliphatic hydroxyl groups excluding tert-OH is 1. The van der Waals surface area contributed by atoms with Gasteiger partial charge in [0.15, 0.2) is 0 Å². The van der Waals surface area contributed by atoms with E-state index in [9.17, 15) is 5.11 Å². The molecule has 0 saturated carbocycles. The molecule has 0 amide bonds. The molecule has 0 fully saturated rings. The molecule has 2 unspecified atom stereocenters. The summed E-state index contributed by atoms with van der Waals surface area (Å²) in [6.45, 7) is 4.33. The second kappa shape index (κ2) is 6.53. The summed E-state index contributed by atoms with van der Waals surface area (Å²) in [7, 11) is 0. The van der Waals surface area contributed by atoms with Crippen LogP contribution in [0.2, 0.25) is 0 Å². The Morgan fingerprint density at radius 3 is 2.84 bits per heavy atom. The molecule has 0 aromatic carbocycles. The van der Waals surface area contributed by atoms with Gasteiger partial charge >= 0.3 is 0 Å². The summed E-state index contributed by atoms with van der Waals surface area (Å²) in [5.41, 5.74) is 1.93. The summed E-state index contributed by atoms with van der Waals surface area (Å²) in [6, 6.07) is 4.00. The van der Waals surface area contributed by atoms with Crippen LogP contribution in [0, 0.1) is 5.92 Å². The van der Waals surface area contributed by atoms with Crippen LogP contribution in [0.5, 0.6) is 0 Å². The van der Waals surface area contributed by atoms with Gasteiger partial charge in [-0.1, -0.05) is 49.0 Å². The molecule has 2 atom stereocenters. The van der Waals surface area contributed by atoms with Crippen LogP contribution in [0.15, 0.2) is 29.1 Å². The molecule has 4 heteroatoms. The summed E-state index contributed by atoms with van der Waals surface area (Å²) in [4.78, 5) is 4.16. The Bertz CT molecular complexity index is 538. The lowest BCUT2D eigenvalue weighted by molar-refractivity contribution is 0.0938. The maximum absolute atomic E-state index is 10.7. The summed E-state index contributed by atoms with van der Waals surface area (Å²) in [5.74, 6) is 0.305. The fourth-order valence-electron chi connectivity index (χ4n) is 2.54. The Kier molecular flexibility index (Phi) is 4.99. The highest BCUT2D eigenvalue weighted by Crippen LogP contribution is 2.31. The Labute approximate surface area is 122 Å². The van der Waals surface area contributed by atoms with E-state index in [2.05, 4.69) is 34.8 Å². The van der Waals surface area contributed by atoms with Gasteiger partial charge in [0.1, 0.15) is 0 Å². The summed E-state index contributed by atoms with van der Waals surface area (Å²) in [5, 5.41) is 10.7. The number of unbranched alkanes of at least 4 members (excludes halogenated alkanes) is 1. The van der Waals surface area contributed by atoms with Gasteiger partial charge in [0.2, 0.25) is 0 Å². The molecule has 0 aliphatic rings. The fourth-order valence-corrected chi connectivity index (χ4v) is 3.01. The molecule has 2 aromatic rings. The van der Waals surface area contributed by atoms with Crippen molar-refractivity contribution in [3.05, 3.63) is 34.8 Å². The van der Waals surface area contributed by atoms with Gasteiger partial charge in [0, 0.05) is 4.47 Å². The number of nitrogens with zero attached hydrogens (tertiary/aromatic N) is 2. The molecule has 0 aliphatic carbocycles. The number of hydrogen-bond donors (Lipinski definition) is 1. The zero-order chi connectivity index (χ0) is 13.8.